The van der Waals surface area contributed by atoms with Crippen LogP contribution in [0.25, 0.3) is 0 Å². The summed E-state index contributed by atoms with van der Waals surface area (Å²) in [6.07, 6.45) is 0. The predicted octanol–water partition coefficient (Wildman–Crippen LogP) is 2.12. The highest BCUT2D eigenvalue weighted by Gasteiger charge is 2.35. The molecule has 0 amide bonds. The van der Waals surface area contributed by atoms with Gasteiger partial charge < -0.3 is 24.5 Å². The van der Waals surface area contributed by atoms with E-state index in [0.717, 1.165) is 11.3 Å². The molecule has 1 aromatic heterocycles. The molecule has 0 radical (unpaired) electrons. The maximum Gasteiger partial charge on any atom is 0.258 e. The van der Waals surface area contributed by atoms with Gasteiger partial charge in [-0.05, 0) is 31.5 Å². The highest BCUT2D eigenvalue weighted by molar-refractivity contribution is 5.57. The monoisotopic (exact) mass is 351 g/mol. The number of nitrogens with two attached hydrogens (primary N) is 1. The maximum absolute atomic E-state index is 13.1. The zero-order valence-electron chi connectivity index (χ0n) is 14.4. The fraction of sp³-hybridized carbons (Fsp3) is 0.263. The van der Waals surface area contributed by atoms with E-state index in [-0.39, 0.29) is 23.8 Å². The van der Waals surface area contributed by atoms with E-state index in [2.05, 4.69) is 6.07 Å². The molecule has 2 aliphatic rings. The van der Waals surface area contributed by atoms with E-state index in [1.807, 2.05) is 19.9 Å². The van der Waals surface area contributed by atoms with E-state index in [1.165, 1.54) is 0 Å². The second-order valence-corrected chi connectivity index (χ2v) is 6.15. The molecular weight excluding hydrogens is 334 g/mol. The van der Waals surface area contributed by atoms with E-state index >= 15 is 0 Å². The van der Waals surface area contributed by atoms with Crippen LogP contribution >= 0.6 is 0 Å². The summed E-state index contributed by atoms with van der Waals surface area (Å²) in [6, 6.07) is 9.24. The molecule has 0 aliphatic carbocycles. The normalized spacial score (nSPS) is 17.5. The van der Waals surface area contributed by atoms with Crippen molar-refractivity contribution < 1.29 is 14.2 Å². The van der Waals surface area contributed by atoms with Gasteiger partial charge in [0.25, 0.3) is 5.56 Å². The lowest BCUT2D eigenvalue weighted by Crippen LogP contribution is -2.32. The van der Waals surface area contributed by atoms with Crippen LogP contribution in [-0.2, 0) is 6.54 Å². The average molecular weight is 351 g/mol. The number of ether oxygens (including phenoxy) is 3. The van der Waals surface area contributed by atoms with Gasteiger partial charge in [-0.1, -0.05) is 6.07 Å². The van der Waals surface area contributed by atoms with Crippen molar-refractivity contribution in [3.63, 3.8) is 0 Å². The van der Waals surface area contributed by atoms with Crippen molar-refractivity contribution in [2.24, 2.45) is 5.73 Å². The summed E-state index contributed by atoms with van der Waals surface area (Å²) < 4.78 is 18.0. The van der Waals surface area contributed by atoms with Gasteiger partial charge >= 0.3 is 0 Å². The van der Waals surface area contributed by atoms with Crippen molar-refractivity contribution in [1.29, 1.82) is 5.26 Å². The highest BCUT2D eigenvalue weighted by Crippen LogP contribution is 2.43. The molecule has 0 saturated carbocycles. The molecule has 0 spiro atoms. The van der Waals surface area contributed by atoms with Crippen LogP contribution < -0.4 is 25.5 Å². The summed E-state index contributed by atoms with van der Waals surface area (Å²) in [7, 11) is 0. The van der Waals surface area contributed by atoms with Crippen molar-refractivity contribution in [2.75, 3.05) is 6.79 Å². The molecular formula is C19H17N3O4. The molecule has 0 bridgehead atoms. The number of nitriles is 1. The molecule has 2 aromatic rings. The Morgan fingerprint density at radius 1 is 1.27 bits per heavy atom. The number of fused-ring (bicyclic) bond motifs is 2. The van der Waals surface area contributed by atoms with Gasteiger partial charge in [0.05, 0.1) is 11.5 Å². The Morgan fingerprint density at radius 3 is 2.77 bits per heavy atom. The number of hydrogen-bond acceptors (Lipinski definition) is 6. The lowest BCUT2D eigenvalue weighted by molar-refractivity contribution is 0.174. The fourth-order valence-electron chi connectivity index (χ4n) is 3.51. The van der Waals surface area contributed by atoms with Crippen LogP contribution in [-0.4, -0.2) is 11.4 Å². The quantitative estimate of drug-likeness (QED) is 0.890. The summed E-state index contributed by atoms with van der Waals surface area (Å²) in [6.45, 7) is 4.40. The van der Waals surface area contributed by atoms with Gasteiger partial charge in [-0.15, -0.1) is 0 Å². The van der Waals surface area contributed by atoms with Crippen LogP contribution in [0.15, 0.2) is 40.5 Å². The molecule has 4 rings (SSSR count). The van der Waals surface area contributed by atoms with E-state index < -0.39 is 5.92 Å². The minimum absolute atomic E-state index is 0.00992. The second kappa shape index (κ2) is 5.85. The van der Waals surface area contributed by atoms with Crippen LogP contribution in [0.4, 0.5) is 0 Å². The van der Waals surface area contributed by atoms with E-state index in [1.54, 1.807) is 22.8 Å². The van der Waals surface area contributed by atoms with Gasteiger partial charge in [0, 0.05) is 18.3 Å². The molecule has 2 aliphatic heterocycles. The molecule has 0 saturated heterocycles. The molecule has 7 nitrogen and oxygen atoms in total. The summed E-state index contributed by atoms with van der Waals surface area (Å²) in [5.41, 5.74) is 7.91. The highest BCUT2D eigenvalue weighted by atomic mass is 16.7. The van der Waals surface area contributed by atoms with Gasteiger partial charge in [0.15, 0.2) is 11.5 Å². The standard InChI is InChI=1S/C19H17N3O4/c1-3-22-10(2)6-15-17(19(22)23)16(12(8-20)18(21)26-15)11-4-5-13-14(7-11)25-9-24-13/h4-7,16H,3,9,21H2,1-2H3/t16-/m1/s1. The van der Waals surface area contributed by atoms with Crippen molar-refractivity contribution >= 4 is 0 Å². The molecule has 0 fully saturated rings. The Kier molecular flexibility index (Phi) is 3.62. The summed E-state index contributed by atoms with van der Waals surface area (Å²) >= 11 is 0. The van der Waals surface area contributed by atoms with Gasteiger partial charge in [0.1, 0.15) is 17.4 Å². The van der Waals surface area contributed by atoms with Gasteiger partial charge in [-0.3, -0.25) is 4.79 Å². The number of pyridine rings is 1. The predicted molar refractivity (Wildman–Crippen MR) is 93.0 cm³/mol. The van der Waals surface area contributed by atoms with E-state index in [0.29, 0.717) is 29.4 Å². The molecule has 0 unspecified atom stereocenters. The zero-order chi connectivity index (χ0) is 18.4. The zero-order valence-corrected chi connectivity index (χ0v) is 14.4. The van der Waals surface area contributed by atoms with Crippen molar-refractivity contribution in [2.45, 2.75) is 26.3 Å². The summed E-state index contributed by atoms with van der Waals surface area (Å²) in [4.78, 5) is 13.1. The molecule has 26 heavy (non-hydrogen) atoms. The number of rotatable bonds is 2. The molecule has 132 valence electrons. The second-order valence-electron chi connectivity index (χ2n) is 6.15. The largest absolute Gasteiger partial charge is 0.454 e. The topological polar surface area (TPSA) is 99.5 Å². The Morgan fingerprint density at radius 2 is 2.04 bits per heavy atom. The first-order chi connectivity index (χ1) is 12.5. The van der Waals surface area contributed by atoms with Crippen LogP contribution in [0.1, 0.15) is 29.7 Å². The lowest BCUT2D eigenvalue weighted by atomic mass is 9.84. The lowest BCUT2D eigenvalue weighted by Gasteiger charge is -2.27. The first kappa shape index (κ1) is 16.1. The number of nitrogens with zero attached hydrogens (tertiary/aromatic N) is 2. The number of aryl methyl sites for hydroxylation is 1. The Hall–Kier alpha value is -3.40. The Balaban J connectivity index is 1.99. The fourth-order valence-corrected chi connectivity index (χ4v) is 3.51. The third-order valence-corrected chi connectivity index (χ3v) is 4.74. The summed E-state index contributed by atoms with van der Waals surface area (Å²) in [5.74, 6) is 0.983. The van der Waals surface area contributed by atoms with Crippen molar-refractivity contribution in [3.8, 4) is 23.3 Å². The van der Waals surface area contributed by atoms with Gasteiger partial charge in [-0.2, -0.15) is 5.26 Å². The van der Waals surface area contributed by atoms with Gasteiger partial charge in [0.2, 0.25) is 12.7 Å². The summed E-state index contributed by atoms with van der Waals surface area (Å²) in [5, 5.41) is 9.65. The molecule has 7 heteroatoms. The van der Waals surface area contributed by atoms with E-state index in [4.69, 9.17) is 19.9 Å². The average Bonchev–Trinajstić information content (AvgIpc) is 3.08. The third-order valence-electron chi connectivity index (χ3n) is 4.74. The van der Waals surface area contributed by atoms with Crippen LogP contribution in [0, 0.1) is 18.3 Å². The van der Waals surface area contributed by atoms with Gasteiger partial charge in [-0.25, -0.2) is 0 Å². The number of hydrogen-bond donors (Lipinski definition) is 1. The molecule has 1 aromatic carbocycles. The van der Waals surface area contributed by atoms with Crippen molar-refractivity contribution in [3.05, 3.63) is 62.9 Å². The first-order valence-electron chi connectivity index (χ1n) is 8.26. The first-order valence-corrected chi connectivity index (χ1v) is 8.26. The number of aromatic nitrogens is 1. The van der Waals surface area contributed by atoms with Crippen LogP contribution in [0.2, 0.25) is 0 Å². The van der Waals surface area contributed by atoms with Crippen molar-refractivity contribution in [1.82, 2.24) is 4.57 Å². The SMILES string of the molecule is CCn1c(C)cc2c(c1=O)[C@H](c1ccc3c(c1)OCO3)C(C#N)=C(N)O2. The number of benzene rings is 1. The Bertz CT molecular complexity index is 1050. The molecule has 2 N–H and O–H groups in total. The number of allylic oxidation sites excluding steroid dienone is 1. The third kappa shape index (κ3) is 2.23. The Labute approximate surface area is 149 Å². The molecule has 1 atom stereocenters. The maximum atomic E-state index is 13.1. The smallest absolute Gasteiger partial charge is 0.258 e. The van der Waals surface area contributed by atoms with E-state index in [9.17, 15) is 10.1 Å². The van der Waals surface area contributed by atoms with Crippen LogP contribution in [0.5, 0.6) is 17.2 Å². The van der Waals surface area contributed by atoms with Crippen LogP contribution in [0.3, 0.4) is 0 Å². The molecule has 3 heterocycles. The minimum Gasteiger partial charge on any atom is -0.454 e. The minimum atomic E-state index is -0.621.